The van der Waals surface area contributed by atoms with E-state index in [0.29, 0.717) is 5.75 Å². The van der Waals surface area contributed by atoms with Crippen LogP contribution in [0.25, 0.3) is 0 Å². The number of amides is 1. The van der Waals surface area contributed by atoms with Crippen LogP contribution < -0.4 is 5.32 Å². The molecule has 23 heavy (non-hydrogen) atoms. The zero-order valence-corrected chi connectivity index (χ0v) is 14.5. The van der Waals surface area contributed by atoms with Gasteiger partial charge < -0.3 is 5.32 Å². The first-order chi connectivity index (χ1) is 11.2. The smallest absolute Gasteiger partial charge is 0.230 e. The Morgan fingerprint density at radius 1 is 1.17 bits per heavy atom. The summed E-state index contributed by atoms with van der Waals surface area (Å²) < 4.78 is 0. The van der Waals surface area contributed by atoms with Crippen LogP contribution in [0.2, 0.25) is 5.02 Å². The summed E-state index contributed by atoms with van der Waals surface area (Å²) in [6.07, 6.45) is 3.29. The number of hydrogen-bond acceptors (Lipinski definition) is 2. The van der Waals surface area contributed by atoms with E-state index in [9.17, 15) is 4.79 Å². The summed E-state index contributed by atoms with van der Waals surface area (Å²) in [4.78, 5) is 12.2. The summed E-state index contributed by atoms with van der Waals surface area (Å²) >= 11 is 7.51. The maximum atomic E-state index is 12.2. The van der Waals surface area contributed by atoms with E-state index >= 15 is 0 Å². The van der Waals surface area contributed by atoms with Gasteiger partial charge in [-0.05, 0) is 48.1 Å². The molecule has 2 nitrogen and oxygen atoms in total. The number of halogens is 1. The molecule has 0 radical (unpaired) electrons. The number of thioether (sulfide) groups is 1. The molecule has 0 aromatic heterocycles. The molecule has 2 aromatic rings. The second kappa shape index (κ2) is 7.89. The van der Waals surface area contributed by atoms with Crippen LogP contribution in [-0.4, -0.2) is 11.7 Å². The molecule has 0 bridgehead atoms. The third-order valence-corrected chi connectivity index (χ3v) is 5.38. The van der Waals surface area contributed by atoms with Crippen molar-refractivity contribution in [1.82, 2.24) is 5.32 Å². The molecule has 2 aromatic carbocycles. The molecule has 0 spiro atoms. The highest BCUT2D eigenvalue weighted by atomic mass is 35.5. The minimum absolute atomic E-state index is 0.116. The van der Waals surface area contributed by atoms with Gasteiger partial charge in [0.15, 0.2) is 0 Å². The van der Waals surface area contributed by atoms with E-state index < -0.39 is 0 Å². The lowest BCUT2D eigenvalue weighted by Crippen LogP contribution is -2.32. The highest BCUT2D eigenvalue weighted by Gasteiger charge is 2.21. The van der Waals surface area contributed by atoms with E-state index in [-0.39, 0.29) is 11.9 Å². The van der Waals surface area contributed by atoms with Crippen molar-refractivity contribution >= 4 is 29.3 Å². The average Bonchev–Trinajstić information content (AvgIpc) is 2.57. The Bertz CT molecular complexity index is 671. The second-order valence-corrected chi connectivity index (χ2v) is 7.25. The van der Waals surface area contributed by atoms with E-state index in [1.807, 2.05) is 24.3 Å². The molecule has 0 heterocycles. The van der Waals surface area contributed by atoms with Crippen LogP contribution in [0.4, 0.5) is 0 Å². The van der Waals surface area contributed by atoms with Crippen LogP contribution >= 0.6 is 23.4 Å². The van der Waals surface area contributed by atoms with Gasteiger partial charge in [0.1, 0.15) is 0 Å². The third kappa shape index (κ3) is 4.52. The molecule has 1 atom stereocenters. The Hall–Kier alpha value is -1.45. The van der Waals surface area contributed by atoms with E-state index in [1.165, 1.54) is 16.7 Å². The first-order valence-corrected chi connectivity index (χ1v) is 9.45. The van der Waals surface area contributed by atoms with Gasteiger partial charge in [0.05, 0.1) is 11.8 Å². The van der Waals surface area contributed by atoms with Gasteiger partial charge in [0.25, 0.3) is 0 Å². The monoisotopic (exact) mass is 345 g/mol. The van der Waals surface area contributed by atoms with Crippen molar-refractivity contribution in [2.75, 3.05) is 5.75 Å². The van der Waals surface area contributed by atoms with E-state index in [1.54, 1.807) is 11.8 Å². The van der Waals surface area contributed by atoms with Gasteiger partial charge in [-0.25, -0.2) is 0 Å². The second-order valence-electron chi connectivity index (χ2n) is 5.83. The lowest BCUT2D eigenvalue weighted by molar-refractivity contribution is -0.119. The molecule has 1 N–H and O–H groups in total. The Balaban J connectivity index is 1.49. The lowest BCUT2D eigenvalue weighted by atomic mass is 9.88. The zero-order chi connectivity index (χ0) is 16.1. The molecule has 0 fully saturated rings. The molecule has 0 saturated carbocycles. The fourth-order valence-corrected chi connectivity index (χ4v) is 3.91. The molecule has 0 aliphatic heterocycles. The van der Waals surface area contributed by atoms with Gasteiger partial charge in [-0.15, -0.1) is 11.8 Å². The van der Waals surface area contributed by atoms with Gasteiger partial charge in [-0.3, -0.25) is 4.79 Å². The minimum atomic E-state index is 0.116. The summed E-state index contributed by atoms with van der Waals surface area (Å²) in [5.74, 6) is 1.43. The first kappa shape index (κ1) is 16.4. The fraction of sp³-hybridized carbons (Fsp3) is 0.316. The highest BCUT2D eigenvalue weighted by molar-refractivity contribution is 7.99. The maximum absolute atomic E-state index is 12.2. The topological polar surface area (TPSA) is 29.1 Å². The van der Waals surface area contributed by atoms with Crippen LogP contribution in [0.1, 0.15) is 35.6 Å². The SMILES string of the molecule is O=C(CSCc1ccc(Cl)cc1)N[C@H]1CCCc2ccccc21. The lowest BCUT2D eigenvalue weighted by Gasteiger charge is -2.26. The van der Waals surface area contributed by atoms with Crippen molar-refractivity contribution in [3.05, 3.63) is 70.2 Å². The number of benzene rings is 2. The Morgan fingerprint density at radius 3 is 2.78 bits per heavy atom. The van der Waals surface area contributed by atoms with Crippen LogP contribution in [0.15, 0.2) is 48.5 Å². The number of fused-ring (bicyclic) bond motifs is 1. The molecular formula is C19H20ClNOS. The van der Waals surface area contributed by atoms with E-state index in [2.05, 4.69) is 29.6 Å². The summed E-state index contributed by atoms with van der Waals surface area (Å²) in [5.41, 5.74) is 3.85. The van der Waals surface area contributed by atoms with Crippen molar-refractivity contribution in [3.8, 4) is 0 Å². The molecule has 3 rings (SSSR count). The standard InChI is InChI=1S/C19H20ClNOS/c20-16-10-8-14(9-11-16)12-23-13-19(22)21-18-7-3-5-15-4-1-2-6-17(15)18/h1-2,4,6,8-11,18H,3,5,7,12-13H2,(H,21,22)/t18-/m0/s1. The summed E-state index contributed by atoms with van der Waals surface area (Å²) in [5, 5.41) is 3.93. The predicted octanol–water partition coefficient (Wildman–Crippen LogP) is 4.77. The van der Waals surface area contributed by atoms with Crippen LogP contribution in [-0.2, 0) is 17.0 Å². The first-order valence-electron chi connectivity index (χ1n) is 7.92. The van der Waals surface area contributed by atoms with E-state index in [4.69, 9.17) is 11.6 Å². The van der Waals surface area contributed by atoms with Gasteiger partial charge in [-0.1, -0.05) is 48.0 Å². The summed E-state index contributed by atoms with van der Waals surface area (Å²) in [7, 11) is 0. The molecule has 120 valence electrons. The fourth-order valence-electron chi connectivity index (χ4n) is 2.98. The molecule has 1 amide bonds. The number of carbonyl (C=O) groups excluding carboxylic acids is 1. The molecule has 0 unspecified atom stereocenters. The quantitative estimate of drug-likeness (QED) is 0.845. The van der Waals surface area contributed by atoms with Gasteiger partial charge >= 0.3 is 0 Å². The third-order valence-electron chi connectivity index (χ3n) is 4.12. The summed E-state index contributed by atoms with van der Waals surface area (Å²) in [6.45, 7) is 0. The van der Waals surface area contributed by atoms with Crippen molar-refractivity contribution < 1.29 is 4.79 Å². The number of carbonyl (C=O) groups is 1. The van der Waals surface area contributed by atoms with Gasteiger partial charge in [0.2, 0.25) is 5.91 Å². The van der Waals surface area contributed by atoms with Crippen LogP contribution in [0, 0.1) is 0 Å². The minimum Gasteiger partial charge on any atom is -0.349 e. The predicted molar refractivity (Wildman–Crippen MR) is 97.9 cm³/mol. The Kier molecular flexibility index (Phi) is 5.63. The van der Waals surface area contributed by atoms with Crippen molar-refractivity contribution in [2.24, 2.45) is 0 Å². The molecule has 1 aliphatic rings. The molecule has 4 heteroatoms. The van der Waals surface area contributed by atoms with Crippen molar-refractivity contribution in [1.29, 1.82) is 0 Å². The molecular weight excluding hydrogens is 326 g/mol. The Morgan fingerprint density at radius 2 is 1.96 bits per heavy atom. The highest BCUT2D eigenvalue weighted by Crippen LogP contribution is 2.29. The van der Waals surface area contributed by atoms with Crippen molar-refractivity contribution in [2.45, 2.75) is 31.1 Å². The summed E-state index contributed by atoms with van der Waals surface area (Å²) in [6, 6.07) is 16.4. The average molecular weight is 346 g/mol. The Labute approximate surface area is 146 Å². The van der Waals surface area contributed by atoms with Crippen molar-refractivity contribution in [3.63, 3.8) is 0 Å². The maximum Gasteiger partial charge on any atom is 0.230 e. The van der Waals surface area contributed by atoms with Gasteiger partial charge in [-0.2, -0.15) is 0 Å². The zero-order valence-electron chi connectivity index (χ0n) is 12.9. The number of hydrogen-bond donors (Lipinski definition) is 1. The van der Waals surface area contributed by atoms with Gasteiger partial charge in [0, 0.05) is 10.8 Å². The molecule has 1 aliphatic carbocycles. The van der Waals surface area contributed by atoms with Crippen LogP contribution in [0.3, 0.4) is 0 Å². The molecule has 0 saturated heterocycles. The number of aryl methyl sites for hydroxylation is 1. The van der Waals surface area contributed by atoms with E-state index in [0.717, 1.165) is 30.0 Å². The number of rotatable bonds is 5. The largest absolute Gasteiger partial charge is 0.349 e. The normalized spacial score (nSPS) is 16.7. The number of nitrogens with one attached hydrogen (secondary N) is 1. The van der Waals surface area contributed by atoms with Crippen LogP contribution in [0.5, 0.6) is 0 Å².